The normalized spacial score (nSPS) is 10.4. The van der Waals surface area contributed by atoms with Gasteiger partial charge >= 0.3 is 11.7 Å². The van der Waals surface area contributed by atoms with Crippen molar-refractivity contribution in [3.63, 3.8) is 0 Å². The first kappa shape index (κ1) is 17.7. The summed E-state index contributed by atoms with van der Waals surface area (Å²) in [6.07, 6.45) is 4.27. The van der Waals surface area contributed by atoms with Gasteiger partial charge in [0.2, 0.25) is 0 Å². The van der Waals surface area contributed by atoms with E-state index in [0.717, 1.165) is 25.7 Å². The lowest BCUT2D eigenvalue weighted by Gasteiger charge is -2.08. The number of aromatic amines is 1. The lowest BCUT2D eigenvalue weighted by molar-refractivity contribution is 0.0498. The summed E-state index contributed by atoms with van der Waals surface area (Å²) in [5.41, 5.74) is 1.25. The molecule has 24 heavy (non-hydrogen) atoms. The van der Waals surface area contributed by atoms with E-state index in [9.17, 15) is 9.59 Å². The van der Waals surface area contributed by atoms with Gasteiger partial charge in [0.25, 0.3) is 0 Å². The zero-order valence-corrected chi connectivity index (χ0v) is 14.0. The molecule has 2 rings (SSSR count). The molecule has 2 N–H and O–H groups in total. The quantitative estimate of drug-likeness (QED) is 0.570. The van der Waals surface area contributed by atoms with Crippen LogP contribution in [0.2, 0.25) is 0 Å². The van der Waals surface area contributed by atoms with E-state index in [0.29, 0.717) is 29.4 Å². The van der Waals surface area contributed by atoms with Gasteiger partial charge in [0.05, 0.1) is 12.2 Å². The molecule has 0 atom stereocenters. The number of aromatic nitrogens is 3. The van der Waals surface area contributed by atoms with Crippen molar-refractivity contribution >= 4 is 17.5 Å². The van der Waals surface area contributed by atoms with Crippen LogP contribution in [-0.4, -0.2) is 27.8 Å². The van der Waals surface area contributed by atoms with Gasteiger partial charge in [0.15, 0.2) is 5.82 Å². The summed E-state index contributed by atoms with van der Waals surface area (Å²) in [7, 11) is 0. The molecule has 1 aromatic heterocycles. The third-order valence-corrected chi connectivity index (χ3v) is 3.49. The van der Waals surface area contributed by atoms with Gasteiger partial charge in [-0.3, -0.25) is 0 Å². The number of unbranched alkanes of at least 4 members (excludes halogenated alkanes) is 3. The molecule has 0 fully saturated rings. The average molecular weight is 330 g/mol. The maximum absolute atomic E-state index is 11.9. The molecule has 0 radical (unpaired) electrons. The molecular formula is C17H22N4O3. The van der Waals surface area contributed by atoms with Crippen molar-refractivity contribution in [1.82, 2.24) is 15.2 Å². The number of hydrogen-bond donors (Lipinski definition) is 2. The smallest absolute Gasteiger partial charge is 0.363 e. The number of benzene rings is 1. The van der Waals surface area contributed by atoms with Crippen LogP contribution in [0.15, 0.2) is 29.1 Å². The van der Waals surface area contributed by atoms with E-state index >= 15 is 0 Å². The summed E-state index contributed by atoms with van der Waals surface area (Å²) >= 11 is 0. The highest BCUT2D eigenvalue weighted by Crippen LogP contribution is 2.16. The Hall–Kier alpha value is -2.70. The molecule has 0 aliphatic carbocycles. The van der Waals surface area contributed by atoms with E-state index in [2.05, 4.69) is 27.4 Å². The van der Waals surface area contributed by atoms with Gasteiger partial charge in [-0.15, -0.1) is 0 Å². The minimum atomic E-state index is -0.522. The number of aryl methyl sites for hydroxylation is 1. The monoisotopic (exact) mass is 330 g/mol. The Balaban J connectivity index is 1.91. The molecule has 7 heteroatoms. The number of rotatable bonds is 8. The molecule has 1 aromatic carbocycles. The topological polar surface area (TPSA) is 97.0 Å². The van der Waals surface area contributed by atoms with E-state index in [1.165, 1.54) is 0 Å². The Kier molecular flexibility index (Phi) is 6.48. The van der Waals surface area contributed by atoms with E-state index in [-0.39, 0.29) is 5.97 Å². The van der Waals surface area contributed by atoms with Crippen LogP contribution in [0, 0.1) is 6.92 Å². The second-order valence-electron chi connectivity index (χ2n) is 5.47. The molecule has 7 nitrogen and oxygen atoms in total. The van der Waals surface area contributed by atoms with Crippen molar-refractivity contribution in [3.05, 3.63) is 46.0 Å². The first-order valence-corrected chi connectivity index (χ1v) is 8.07. The van der Waals surface area contributed by atoms with Crippen LogP contribution in [0.3, 0.4) is 0 Å². The van der Waals surface area contributed by atoms with E-state index in [1.54, 1.807) is 31.2 Å². The number of carbonyl (C=O) groups is 1. The van der Waals surface area contributed by atoms with Crippen LogP contribution in [0.1, 0.15) is 48.7 Å². The number of H-pyrrole nitrogens is 1. The molecule has 0 unspecified atom stereocenters. The van der Waals surface area contributed by atoms with Crippen molar-refractivity contribution in [2.24, 2.45) is 0 Å². The molecule has 0 aliphatic heterocycles. The Morgan fingerprint density at radius 2 is 1.96 bits per heavy atom. The highest BCUT2D eigenvalue weighted by atomic mass is 16.5. The fourth-order valence-corrected chi connectivity index (χ4v) is 2.11. The number of carbonyl (C=O) groups excluding carboxylic acids is 1. The SMILES string of the molecule is CCCCCCOC(=O)c1ccc(Nc2nc(=O)[nH]nc2C)cc1. The Labute approximate surface area is 140 Å². The van der Waals surface area contributed by atoms with Gasteiger partial charge in [0.1, 0.15) is 5.69 Å². The van der Waals surface area contributed by atoms with Crippen LogP contribution in [0.4, 0.5) is 11.5 Å². The molecule has 0 saturated heterocycles. The van der Waals surface area contributed by atoms with Crippen molar-refractivity contribution in [3.8, 4) is 0 Å². The number of nitrogens with one attached hydrogen (secondary N) is 2. The van der Waals surface area contributed by atoms with Gasteiger partial charge in [-0.2, -0.15) is 10.1 Å². The largest absolute Gasteiger partial charge is 0.462 e. The molecule has 1 heterocycles. The molecule has 2 aromatic rings. The summed E-state index contributed by atoms with van der Waals surface area (Å²) < 4.78 is 5.24. The Bertz CT molecular complexity index is 725. The summed E-state index contributed by atoms with van der Waals surface area (Å²) in [4.78, 5) is 27.0. The van der Waals surface area contributed by atoms with E-state index < -0.39 is 5.69 Å². The molecule has 0 spiro atoms. The number of ether oxygens (including phenoxy) is 1. The standard InChI is InChI=1S/C17H22N4O3/c1-3-4-5-6-11-24-16(22)13-7-9-14(10-8-13)18-15-12(2)20-21-17(23)19-15/h7-10H,3-6,11H2,1-2H3,(H2,18,19,21,23). The van der Waals surface area contributed by atoms with E-state index in [1.807, 2.05) is 0 Å². The molecule has 0 amide bonds. The van der Waals surface area contributed by atoms with Crippen molar-refractivity contribution in [1.29, 1.82) is 0 Å². The minimum Gasteiger partial charge on any atom is -0.462 e. The second-order valence-corrected chi connectivity index (χ2v) is 5.47. The van der Waals surface area contributed by atoms with Crippen LogP contribution in [0.5, 0.6) is 0 Å². The predicted octanol–water partition coefficient (Wildman–Crippen LogP) is 2.95. The number of nitrogens with zero attached hydrogens (tertiary/aromatic N) is 2. The van der Waals surface area contributed by atoms with Crippen molar-refractivity contribution in [2.45, 2.75) is 39.5 Å². The van der Waals surface area contributed by atoms with Gasteiger partial charge < -0.3 is 10.1 Å². The maximum Gasteiger partial charge on any atom is 0.363 e. The van der Waals surface area contributed by atoms with E-state index in [4.69, 9.17) is 4.74 Å². The van der Waals surface area contributed by atoms with Gasteiger partial charge in [-0.25, -0.2) is 14.7 Å². The number of esters is 1. The third-order valence-electron chi connectivity index (χ3n) is 3.49. The number of hydrogen-bond acceptors (Lipinski definition) is 6. The van der Waals surface area contributed by atoms with Gasteiger partial charge in [-0.1, -0.05) is 26.2 Å². The fraction of sp³-hybridized carbons (Fsp3) is 0.412. The highest BCUT2D eigenvalue weighted by molar-refractivity contribution is 5.89. The highest BCUT2D eigenvalue weighted by Gasteiger charge is 2.08. The number of anilines is 2. The Morgan fingerprint density at radius 1 is 1.21 bits per heavy atom. The van der Waals surface area contributed by atoms with Crippen molar-refractivity contribution < 1.29 is 9.53 Å². The first-order valence-electron chi connectivity index (χ1n) is 8.07. The lowest BCUT2D eigenvalue weighted by atomic mass is 10.2. The average Bonchev–Trinajstić information content (AvgIpc) is 2.58. The van der Waals surface area contributed by atoms with Gasteiger partial charge in [-0.05, 0) is 37.6 Å². The van der Waals surface area contributed by atoms with Crippen molar-refractivity contribution in [2.75, 3.05) is 11.9 Å². The van der Waals surface area contributed by atoms with Crippen LogP contribution < -0.4 is 11.0 Å². The van der Waals surface area contributed by atoms with Gasteiger partial charge in [0, 0.05) is 5.69 Å². The van der Waals surface area contributed by atoms with Crippen LogP contribution in [-0.2, 0) is 4.74 Å². The summed E-state index contributed by atoms with van der Waals surface area (Å²) in [6, 6.07) is 6.81. The molecular weight excluding hydrogens is 308 g/mol. The zero-order valence-electron chi connectivity index (χ0n) is 14.0. The molecule has 128 valence electrons. The summed E-state index contributed by atoms with van der Waals surface area (Å²) in [5, 5.41) is 9.10. The second kappa shape index (κ2) is 8.81. The summed E-state index contributed by atoms with van der Waals surface area (Å²) in [6.45, 7) is 4.32. The third kappa shape index (κ3) is 5.19. The molecule has 0 aliphatic rings. The van der Waals surface area contributed by atoms with Crippen LogP contribution in [0.25, 0.3) is 0 Å². The zero-order chi connectivity index (χ0) is 17.4. The minimum absolute atomic E-state index is 0.329. The fourth-order valence-electron chi connectivity index (χ4n) is 2.11. The Morgan fingerprint density at radius 3 is 2.67 bits per heavy atom. The molecule has 0 bridgehead atoms. The lowest BCUT2D eigenvalue weighted by Crippen LogP contribution is -2.15. The predicted molar refractivity (Wildman–Crippen MR) is 91.5 cm³/mol. The van der Waals surface area contributed by atoms with Crippen LogP contribution >= 0.6 is 0 Å². The first-order chi connectivity index (χ1) is 11.6. The maximum atomic E-state index is 11.9. The summed E-state index contributed by atoms with van der Waals surface area (Å²) in [5.74, 6) is 0.0511. The molecule has 0 saturated carbocycles.